The first-order chi connectivity index (χ1) is 12.4. The highest BCUT2D eigenvalue weighted by atomic mass is 32.2. The quantitative estimate of drug-likeness (QED) is 0.722. The van der Waals surface area contributed by atoms with Crippen LogP contribution in [0.25, 0.3) is 6.08 Å². The number of nitriles is 1. The number of allylic oxidation sites excluding steroid dienone is 1. The second-order valence-corrected chi connectivity index (χ2v) is 7.30. The summed E-state index contributed by atoms with van der Waals surface area (Å²) < 4.78 is 41.3. The molecule has 0 radical (unpaired) electrons. The SMILES string of the molecule is COc1cc(OC)c(OC)cc1/C=C(\C#N)S(=O)(=O)c1ccc(C)cc1. The van der Waals surface area contributed by atoms with Crippen molar-refractivity contribution in [3.8, 4) is 23.3 Å². The summed E-state index contributed by atoms with van der Waals surface area (Å²) in [5.41, 5.74) is 1.31. The van der Waals surface area contributed by atoms with Crippen LogP contribution in [0.2, 0.25) is 0 Å². The van der Waals surface area contributed by atoms with E-state index < -0.39 is 14.7 Å². The van der Waals surface area contributed by atoms with Crippen molar-refractivity contribution in [2.45, 2.75) is 11.8 Å². The van der Waals surface area contributed by atoms with Gasteiger partial charge >= 0.3 is 0 Å². The summed E-state index contributed by atoms with van der Waals surface area (Å²) in [4.78, 5) is -0.345. The smallest absolute Gasteiger partial charge is 0.216 e. The van der Waals surface area contributed by atoms with Crippen LogP contribution in [0.15, 0.2) is 46.2 Å². The molecule has 0 bridgehead atoms. The van der Waals surface area contributed by atoms with Gasteiger partial charge in [0.2, 0.25) is 9.84 Å². The first kappa shape index (κ1) is 19.3. The van der Waals surface area contributed by atoms with E-state index in [0.717, 1.165) is 5.56 Å². The Morgan fingerprint density at radius 2 is 1.50 bits per heavy atom. The molecule has 0 aliphatic carbocycles. The summed E-state index contributed by atoms with van der Waals surface area (Å²) in [5.74, 6) is 1.18. The molecule has 0 fully saturated rings. The minimum absolute atomic E-state index is 0.0512. The molecular weight excluding hydrogens is 354 g/mol. The van der Waals surface area contributed by atoms with Crippen molar-refractivity contribution in [3.05, 3.63) is 52.4 Å². The second kappa shape index (κ2) is 7.93. The fourth-order valence-corrected chi connectivity index (χ4v) is 3.47. The minimum Gasteiger partial charge on any atom is -0.496 e. The molecule has 0 N–H and O–H groups in total. The highest BCUT2D eigenvalue weighted by Gasteiger charge is 2.22. The number of hydrogen-bond acceptors (Lipinski definition) is 6. The fourth-order valence-electron chi connectivity index (χ4n) is 2.32. The van der Waals surface area contributed by atoms with Gasteiger partial charge in [-0.1, -0.05) is 17.7 Å². The van der Waals surface area contributed by atoms with Crippen LogP contribution < -0.4 is 14.2 Å². The van der Waals surface area contributed by atoms with Crippen LogP contribution in [0, 0.1) is 18.3 Å². The zero-order valence-corrected chi connectivity index (χ0v) is 15.8. The number of rotatable bonds is 6. The number of benzene rings is 2. The largest absolute Gasteiger partial charge is 0.496 e. The Bertz CT molecular complexity index is 970. The van der Waals surface area contributed by atoms with Gasteiger partial charge in [0, 0.05) is 11.6 Å². The standard InChI is InChI=1S/C19H19NO5S/c1-13-5-7-15(8-6-13)26(21,22)16(12-20)9-14-10-18(24-3)19(25-4)11-17(14)23-2/h5-11H,1-4H3/b16-9+. The number of methoxy groups -OCH3 is 3. The molecule has 0 amide bonds. The Hall–Kier alpha value is -2.98. The molecule has 0 saturated heterocycles. The van der Waals surface area contributed by atoms with E-state index in [1.165, 1.54) is 39.5 Å². The number of sulfone groups is 1. The van der Waals surface area contributed by atoms with Gasteiger partial charge in [-0.3, -0.25) is 0 Å². The third-order valence-corrected chi connectivity index (χ3v) is 5.43. The van der Waals surface area contributed by atoms with Crippen LogP contribution in [0.4, 0.5) is 0 Å². The fraction of sp³-hybridized carbons (Fsp3) is 0.211. The summed E-state index contributed by atoms with van der Waals surface area (Å²) in [6.45, 7) is 1.85. The molecular formula is C19H19NO5S. The number of ether oxygens (including phenoxy) is 3. The van der Waals surface area contributed by atoms with Gasteiger partial charge in [0.15, 0.2) is 11.5 Å². The summed E-state index contributed by atoms with van der Waals surface area (Å²) in [6.07, 6.45) is 1.26. The zero-order valence-electron chi connectivity index (χ0n) is 14.9. The molecule has 6 nitrogen and oxygen atoms in total. The molecule has 0 unspecified atom stereocenters. The maximum Gasteiger partial charge on any atom is 0.216 e. The van der Waals surface area contributed by atoms with Gasteiger partial charge in [0.05, 0.1) is 26.2 Å². The average molecular weight is 373 g/mol. The van der Waals surface area contributed by atoms with E-state index in [0.29, 0.717) is 22.8 Å². The maximum atomic E-state index is 12.8. The highest BCUT2D eigenvalue weighted by Crippen LogP contribution is 2.36. The Morgan fingerprint density at radius 3 is 2.00 bits per heavy atom. The molecule has 0 aliphatic rings. The lowest BCUT2D eigenvalue weighted by molar-refractivity contribution is 0.348. The van der Waals surface area contributed by atoms with Gasteiger partial charge in [-0.25, -0.2) is 8.42 Å². The van der Waals surface area contributed by atoms with Crippen molar-refractivity contribution in [3.63, 3.8) is 0 Å². The van der Waals surface area contributed by atoms with Gasteiger partial charge < -0.3 is 14.2 Å². The molecule has 136 valence electrons. The van der Waals surface area contributed by atoms with Crippen LogP contribution in [0.3, 0.4) is 0 Å². The molecule has 2 rings (SSSR count). The molecule has 26 heavy (non-hydrogen) atoms. The monoisotopic (exact) mass is 373 g/mol. The summed E-state index contributed by atoms with van der Waals surface area (Å²) in [5, 5.41) is 9.44. The number of nitrogens with zero attached hydrogens (tertiary/aromatic N) is 1. The lowest BCUT2D eigenvalue weighted by atomic mass is 10.1. The normalized spacial score (nSPS) is 11.6. The zero-order chi connectivity index (χ0) is 19.3. The van der Waals surface area contributed by atoms with E-state index in [1.54, 1.807) is 30.3 Å². The van der Waals surface area contributed by atoms with Crippen molar-refractivity contribution in [2.24, 2.45) is 0 Å². The maximum absolute atomic E-state index is 12.8. The average Bonchev–Trinajstić information content (AvgIpc) is 2.65. The summed E-state index contributed by atoms with van der Waals surface area (Å²) >= 11 is 0. The van der Waals surface area contributed by atoms with Crippen LogP contribution in [-0.2, 0) is 9.84 Å². The molecule has 0 heterocycles. The van der Waals surface area contributed by atoms with Crippen LogP contribution in [0.1, 0.15) is 11.1 Å². The van der Waals surface area contributed by atoms with Crippen molar-refractivity contribution < 1.29 is 22.6 Å². The number of hydrogen-bond donors (Lipinski definition) is 0. The van der Waals surface area contributed by atoms with E-state index >= 15 is 0 Å². The Kier molecular flexibility index (Phi) is 5.90. The molecule has 2 aromatic carbocycles. The van der Waals surface area contributed by atoms with E-state index in [9.17, 15) is 13.7 Å². The van der Waals surface area contributed by atoms with Gasteiger partial charge in [0.1, 0.15) is 16.7 Å². The first-order valence-electron chi connectivity index (χ1n) is 7.61. The van der Waals surface area contributed by atoms with E-state index in [4.69, 9.17) is 14.2 Å². The van der Waals surface area contributed by atoms with Crippen LogP contribution in [-0.4, -0.2) is 29.7 Å². The predicted octanol–water partition coefficient (Wildman–Crippen LogP) is 3.36. The third-order valence-electron chi connectivity index (χ3n) is 3.75. The lowest BCUT2D eigenvalue weighted by Crippen LogP contribution is -2.04. The van der Waals surface area contributed by atoms with E-state index in [1.807, 2.05) is 6.92 Å². The molecule has 0 saturated carbocycles. The predicted molar refractivity (Wildman–Crippen MR) is 98.1 cm³/mol. The van der Waals surface area contributed by atoms with Gasteiger partial charge in [0.25, 0.3) is 0 Å². The minimum atomic E-state index is -3.95. The van der Waals surface area contributed by atoms with E-state index in [2.05, 4.69) is 0 Å². The molecule has 7 heteroatoms. The van der Waals surface area contributed by atoms with Crippen molar-refractivity contribution in [1.82, 2.24) is 0 Å². The summed E-state index contributed by atoms with van der Waals surface area (Å²) in [6, 6.07) is 11.2. The number of aryl methyl sites for hydroxylation is 1. The summed E-state index contributed by atoms with van der Waals surface area (Å²) in [7, 11) is 0.435. The Labute approximate surface area is 153 Å². The van der Waals surface area contributed by atoms with E-state index in [-0.39, 0.29) is 4.90 Å². The highest BCUT2D eigenvalue weighted by molar-refractivity contribution is 7.95. The molecule has 0 atom stereocenters. The molecule has 0 spiro atoms. The lowest BCUT2D eigenvalue weighted by Gasteiger charge is -2.12. The van der Waals surface area contributed by atoms with Crippen LogP contribution in [0.5, 0.6) is 17.2 Å². The second-order valence-electron chi connectivity index (χ2n) is 5.39. The third kappa shape index (κ3) is 3.81. The van der Waals surface area contributed by atoms with Crippen molar-refractivity contribution in [2.75, 3.05) is 21.3 Å². The Morgan fingerprint density at radius 1 is 0.962 bits per heavy atom. The van der Waals surface area contributed by atoms with Gasteiger partial charge in [-0.05, 0) is 31.2 Å². The van der Waals surface area contributed by atoms with Crippen molar-refractivity contribution >= 4 is 15.9 Å². The molecule has 0 aromatic heterocycles. The Balaban J connectivity index is 2.62. The van der Waals surface area contributed by atoms with Gasteiger partial charge in [-0.2, -0.15) is 5.26 Å². The first-order valence-corrected chi connectivity index (χ1v) is 9.09. The molecule has 2 aromatic rings. The van der Waals surface area contributed by atoms with Crippen LogP contribution >= 0.6 is 0 Å². The van der Waals surface area contributed by atoms with Crippen molar-refractivity contribution in [1.29, 1.82) is 5.26 Å². The molecule has 0 aliphatic heterocycles. The topological polar surface area (TPSA) is 85.6 Å². The van der Waals surface area contributed by atoms with Gasteiger partial charge in [-0.15, -0.1) is 0 Å².